The van der Waals surface area contributed by atoms with Crippen LogP contribution < -0.4 is 5.32 Å². The van der Waals surface area contributed by atoms with E-state index in [0.29, 0.717) is 30.0 Å². The van der Waals surface area contributed by atoms with Crippen LogP contribution in [0.15, 0.2) is 22.5 Å². The fourth-order valence-corrected chi connectivity index (χ4v) is 1.89. The Morgan fingerprint density at radius 1 is 1.53 bits per heavy atom. The summed E-state index contributed by atoms with van der Waals surface area (Å²) in [5, 5.41) is 4.61. The summed E-state index contributed by atoms with van der Waals surface area (Å²) < 4.78 is 5.54. The third kappa shape index (κ3) is 6.38. The zero-order valence-electron chi connectivity index (χ0n) is 11.8. The molecule has 0 saturated heterocycles. The fraction of sp³-hybridized carbons (Fsp3) is 0.571. The molecular formula is C14H22N2O2S. The van der Waals surface area contributed by atoms with Crippen LogP contribution >= 0.6 is 11.3 Å². The lowest BCUT2D eigenvalue weighted by atomic mass is 10.2. The third-order valence-corrected chi connectivity index (χ3v) is 3.15. The molecule has 1 N–H and O–H groups in total. The Hall–Kier alpha value is -1.36. The van der Waals surface area contributed by atoms with Gasteiger partial charge in [-0.05, 0) is 23.8 Å². The Kier molecular flexibility index (Phi) is 7.18. The van der Waals surface area contributed by atoms with Crippen molar-refractivity contribution in [3.63, 3.8) is 0 Å². The second-order valence-corrected chi connectivity index (χ2v) is 5.62. The molecule has 1 aromatic heterocycles. The minimum atomic E-state index is -0.158. The predicted molar refractivity (Wildman–Crippen MR) is 79.8 cm³/mol. The van der Waals surface area contributed by atoms with E-state index in [1.807, 2.05) is 11.4 Å². The zero-order chi connectivity index (χ0) is 14.1. The quantitative estimate of drug-likeness (QED) is 0.494. The summed E-state index contributed by atoms with van der Waals surface area (Å²) in [5.74, 6) is 0.240. The van der Waals surface area contributed by atoms with Crippen LogP contribution in [0.1, 0.15) is 43.3 Å². The average molecular weight is 282 g/mol. The molecule has 0 aliphatic rings. The Bertz CT molecular complexity index is 400. The topological polar surface area (TPSA) is 50.7 Å². The Morgan fingerprint density at radius 2 is 2.32 bits per heavy atom. The molecule has 0 spiro atoms. The molecule has 1 aromatic rings. The van der Waals surface area contributed by atoms with Crippen molar-refractivity contribution in [2.24, 2.45) is 10.9 Å². The molecule has 0 bridgehead atoms. The largest absolute Gasteiger partial charge is 0.465 e. The van der Waals surface area contributed by atoms with Gasteiger partial charge in [-0.25, -0.2) is 4.99 Å². The first-order valence-electron chi connectivity index (χ1n) is 6.65. The average Bonchev–Trinajstić information content (AvgIpc) is 2.89. The SMILES string of the molecule is CCCCN=C(NC(=O)c1cccs1)OCC(C)C. The predicted octanol–water partition coefficient (Wildman–Crippen LogP) is 3.31. The van der Waals surface area contributed by atoms with Gasteiger partial charge in [0.05, 0.1) is 11.5 Å². The fourth-order valence-electron chi connectivity index (χ4n) is 1.27. The zero-order valence-corrected chi connectivity index (χ0v) is 12.6. The van der Waals surface area contributed by atoms with Gasteiger partial charge in [0, 0.05) is 6.54 Å². The molecule has 5 heteroatoms. The summed E-state index contributed by atoms with van der Waals surface area (Å²) in [6.07, 6.45) is 2.06. The maximum absolute atomic E-state index is 11.9. The van der Waals surface area contributed by atoms with Gasteiger partial charge in [0.2, 0.25) is 0 Å². The van der Waals surface area contributed by atoms with E-state index < -0.39 is 0 Å². The van der Waals surface area contributed by atoms with Gasteiger partial charge in [-0.2, -0.15) is 0 Å². The van der Waals surface area contributed by atoms with E-state index in [4.69, 9.17) is 4.74 Å². The highest BCUT2D eigenvalue weighted by atomic mass is 32.1. The number of carbonyl (C=O) groups is 1. The number of rotatable bonds is 6. The normalized spacial score (nSPS) is 11.7. The number of unbranched alkanes of at least 4 members (excludes halogenated alkanes) is 1. The minimum absolute atomic E-state index is 0.158. The number of nitrogens with one attached hydrogen (secondary N) is 1. The molecule has 0 unspecified atom stereocenters. The standard InChI is InChI=1S/C14H22N2O2S/c1-4-5-8-15-14(18-10-11(2)3)16-13(17)12-7-6-9-19-12/h6-7,9,11H,4-5,8,10H2,1-3H3,(H,15,16,17). The molecule has 19 heavy (non-hydrogen) atoms. The first-order valence-corrected chi connectivity index (χ1v) is 7.53. The van der Waals surface area contributed by atoms with Crippen LogP contribution in [-0.2, 0) is 4.74 Å². The summed E-state index contributed by atoms with van der Waals surface area (Å²) in [6.45, 7) is 7.45. The molecule has 0 saturated carbocycles. The number of aliphatic imine (C=N–C) groups is 1. The van der Waals surface area contributed by atoms with E-state index in [2.05, 4.69) is 31.1 Å². The van der Waals surface area contributed by atoms with Crippen molar-refractivity contribution in [1.29, 1.82) is 0 Å². The number of amidine groups is 1. The van der Waals surface area contributed by atoms with Gasteiger partial charge in [0.1, 0.15) is 0 Å². The number of amides is 1. The lowest BCUT2D eigenvalue weighted by Gasteiger charge is -2.11. The molecule has 1 amide bonds. The Morgan fingerprint density at radius 3 is 2.89 bits per heavy atom. The van der Waals surface area contributed by atoms with E-state index in [9.17, 15) is 4.79 Å². The maximum Gasteiger partial charge on any atom is 0.291 e. The van der Waals surface area contributed by atoms with E-state index >= 15 is 0 Å². The van der Waals surface area contributed by atoms with Gasteiger partial charge >= 0.3 is 0 Å². The van der Waals surface area contributed by atoms with Gasteiger partial charge < -0.3 is 4.74 Å². The molecule has 1 heterocycles. The molecule has 106 valence electrons. The number of thiophene rings is 1. The molecule has 0 radical (unpaired) electrons. The van der Waals surface area contributed by atoms with Crippen molar-refractivity contribution in [3.05, 3.63) is 22.4 Å². The molecule has 0 aromatic carbocycles. The smallest absolute Gasteiger partial charge is 0.291 e. The Balaban J connectivity index is 2.57. The highest BCUT2D eigenvalue weighted by Gasteiger charge is 2.11. The third-order valence-electron chi connectivity index (χ3n) is 2.29. The van der Waals surface area contributed by atoms with Crippen molar-refractivity contribution in [2.45, 2.75) is 33.6 Å². The van der Waals surface area contributed by atoms with Crippen LogP contribution in [0.4, 0.5) is 0 Å². The molecule has 0 atom stereocenters. The first kappa shape index (κ1) is 15.7. The van der Waals surface area contributed by atoms with Crippen LogP contribution in [-0.4, -0.2) is 25.1 Å². The van der Waals surface area contributed by atoms with E-state index in [-0.39, 0.29) is 5.91 Å². The Labute approximate surface area is 118 Å². The molecular weight excluding hydrogens is 260 g/mol. The molecule has 0 aliphatic heterocycles. The molecule has 4 nitrogen and oxygen atoms in total. The second-order valence-electron chi connectivity index (χ2n) is 4.68. The summed E-state index contributed by atoms with van der Waals surface area (Å²) in [6, 6.07) is 3.97. The molecule has 1 rings (SSSR count). The summed E-state index contributed by atoms with van der Waals surface area (Å²) in [7, 11) is 0. The van der Waals surface area contributed by atoms with Crippen molar-refractivity contribution >= 4 is 23.3 Å². The number of hydrogen-bond donors (Lipinski definition) is 1. The van der Waals surface area contributed by atoms with Crippen LogP contribution in [0.2, 0.25) is 0 Å². The highest BCUT2D eigenvalue weighted by Crippen LogP contribution is 2.08. The van der Waals surface area contributed by atoms with Gasteiger partial charge in [-0.1, -0.05) is 33.3 Å². The van der Waals surface area contributed by atoms with Crippen molar-refractivity contribution in [2.75, 3.05) is 13.2 Å². The summed E-state index contributed by atoms with van der Waals surface area (Å²) in [4.78, 5) is 16.9. The number of ether oxygens (including phenoxy) is 1. The monoisotopic (exact) mass is 282 g/mol. The van der Waals surface area contributed by atoms with Gasteiger partial charge in [-0.15, -0.1) is 11.3 Å². The van der Waals surface area contributed by atoms with Crippen molar-refractivity contribution < 1.29 is 9.53 Å². The number of hydrogen-bond acceptors (Lipinski definition) is 4. The maximum atomic E-state index is 11.9. The second kappa shape index (κ2) is 8.69. The van der Waals surface area contributed by atoms with Crippen LogP contribution in [0.3, 0.4) is 0 Å². The van der Waals surface area contributed by atoms with Gasteiger partial charge in [-0.3, -0.25) is 10.1 Å². The van der Waals surface area contributed by atoms with Crippen LogP contribution in [0.25, 0.3) is 0 Å². The first-order chi connectivity index (χ1) is 9.13. The lowest BCUT2D eigenvalue weighted by molar-refractivity contribution is 0.0967. The van der Waals surface area contributed by atoms with Crippen molar-refractivity contribution in [3.8, 4) is 0 Å². The number of nitrogens with zero attached hydrogens (tertiary/aromatic N) is 1. The summed E-state index contributed by atoms with van der Waals surface area (Å²) >= 11 is 1.40. The van der Waals surface area contributed by atoms with Crippen LogP contribution in [0, 0.1) is 5.92 Å². The molecule has 0 fully saturated rings. The minimum Gasteiger partial charge on any atom is -0.465 e. The highest BCUT2D eigenvalue weighted by molar-refractivity contribution is 7.12. The number of carbonyl (C=O) groups excluding carboxylic acids is 1. The van der Waals surface area contributed by atoms with E-state index in [1.54, 1.807) is 6.07 Å². The lowest BCUT2D eigenvalue weighted by Crippen LogP contribution is -2.33. The molecule has 0 aliphatic carbocycles. The van der Waals surface area contributed by atoms with E-state index in [0.717, 1.165) is 12.8 Å². The van der Waals surface area contributed by atoms with Gasteiger partial charge in [0.25, 0.3) is 11.9 Å². The van der Waals surface area contributed by atoms with E-state index in [1.165, 1.54) is 11.3 Å². The van der Waals surface area contributed by atoms with Crippen LogP contribution in [0.5, 0.6) is 0 Å². The summed E-state index contributed by atoms with van der Waals surface area (Å²) in [5.41, 5.74) is 0. The van der Waals surface area contributed by atoms with Gasteiger partial charge in [0.15, 0.2) is 0 Å². The van der Waals surface area contributed by atoms with Crippen molar-refractivity contribution in [1.82, 2.24) is 5.32 Å².